The monoisotopic (exact) mass is 409 g/mol. The zero-order chi connectivity index (χ0) is 20.0. The molecule has 0 aliphatic rings. The largest absolute Gasteiger partial charge is 0.369 e. The summed E-state index contributed by atoms with van der Waals surface area (Å²) >= 11 is 1.17. The minimum atomic E-state index is -3.58. The quantitative estimate of drug-likeness (QED) is 0.473. The minimum Gasteiger partial charge on any atom is -0.369 e. The maximum absolute atomic E-state index is 12.8. The summed E-state index contributed by atoms with van der Waals surface area (Å²) in [5.41, 5.74) is 5.81. The molecule has 0 atom stereocenters. The van der Waals surface area contributed by atoms with Crippen molar-refractivity contribution >= 4 is 27.7 Å². The number of benzene rings is 1. The maximum atomic E-state index is 12.8. The van der Waals surface area contributed by atoms with Gasteiger partial charge in [0.2, 0.25) is 15.9 Å². The first-order valence-corrected chi connectivity index (χ1v) is 10.8. The van der Waals surface area contributed by atoms with Crippen LogP contribution >= 0.6 is 11.8 Å². The molecule has 2 rings (SSSR count). The van der Waals surface area contributed by atoms with Crippen molar-refractivity contribution in [1.82, 2.24) is 19.1 Å². The Morgan fingerprint density at radius 1 is 1.33 bits per heavy atom. The van der Waals surface area contributed by atoms with Crippen LogP contribution in [0.3, 0.4) is 0 Å². The first kappa shape index (κ1) is 21.1. The summed E-state index contributed by atoms with van der Waals surface area (Å²) in [7, 11) is -3.58. The lowest BCUT2D eigenvalue weighted by atomic mass is 10.2. The number of carbonyl (C=O) groups is 1. The lowest BCUT2D eigenvalue weighted by Crippen LogP contribution is -2.30. The number of sulfonamides is 1. The first-order chi connectivity index (χ1) is 12.8. The average Bonchev–Trinajstić information content (AvgIpc) is 3.04. The fourth-order valence-corrected chi connectivity index (χ4v) is 4.74. The van der Waals surface area contributed by atoms with Crippen LogP contribution in [0.2, 0.25) is 0 Å². The summed E-state index contributed by atoms with van der Waals surface area (Å²) in [6.45, 7) is 8.53. The summed E-state index contributed by atoms with van der Waals surface area (Å²) in [6, 6.07) is 6.59. The predicted octanol–water partition coefficient (Wildman–Crippen LogP) is 1.74. The molecule has 27 heavy (non-hydrogen) atoms. The van der Waals surface area contributed by atoms with Crippen LogP contribution in [0, 0.1) is 0 Å². The van der Waals surface area contributed by atoms with Gasteiger partial charge in [-0.1, -0.05) is 43.8 Å². The van der Waals surface area contributed by atoms with Crippen LogP contribution in [-0.4, -0.2) is 52.2 Å². The van der Waals surface area contributed by atoms with Crippen molar-refractivity contribution in [2.45, 2.75) is 30.4 Å². The highest BCUT2D eigenvalue weighted by Crippen LogP contribution is 2.26. The Bertz CT molecular complexity index is 920. The van der Waals surface area contributed by atoms with E-state index in [0.717, 1.165) is 0 Å². The molecule has 0 aliphatic heterocycles. The van der Waals surface area contributed by atoms with Gasteiger partial charge in [-0.15, -0.1) is 16.8 Å². The average molecular weight is 410 g/mol. The van der Waals surface area contributed by atoms with Crippen molar-refractivity contribution in [3.8, 4) is 11.4 Å². The standard InChI is InChI=1S/C17H23N5O3S2/c1-4-10-22-16(19-20-17(22)26-12-15(18)23)13-8-7-9-14(11-13)27(24,25)21(5-2)6-3/h4,7-9,11H,1,5-6,10,12H2,2-3H3,(H2,18,23). The molecular weight excluding hydrogens is 386 g/mol. The van der Waals surface area contributed by atoms with E-state index in [0.29, 0.717) is 36.2 Å². The van der Waals surface area contributed by atoms with E-state index >= 15 is 0 Å². The van der Waals surface area contributed by atoms with Gasteiger partial charge in [0.15, 0.2) is 11.0 Å². The highest BCUT2D eigenvalue weighted by molar-refractivity contribution is 7.99. The van der Waals surface area contributed by atoms with E-state index < -0.39 is 15.9 Å². The molecule has 2 N–H and O–H groups in total. The van der Waals surface area contributed by atoms with Gasteiger partial charge in [-0.2, -0.15) is 4.31 Å². The zero-order valence-corrected chi connectivity index (χ0v) is 17.0. The number of primary amides is 1. The summed E-state index contributed by atoms with van der Waals surface area (Å²) in [6.07, 6.45) is 1.68. The van der Waals surface area contributed by atoms with Gasteiger partial charge in [-0.25, -0.2) is 8.42 Å². The Kier molecular flexibility index (Phi) is 7.17. The maximum Gasteiger partial charge on any atom is 0.243 e. The van der Waals surface area contributed by atoms with Crippen molar-refractivity contribution in [2.75, 3.05) is 18.8 Å². The fraction of sp³-hybridized carbons (Fsp3) is 0.353. The van der Waals surface area contributed by atoms with E-state index in [2.05, 4.69) is 16.8 Å². The number of carbonyl (C=O) groups excluding carboxylic acids is 1. The SMILES string of the molecule is C=CCn1c(SCC(N)=O)nnc1-c1cccc(S(=O)(=O)N(CC)CC)c1. The highest BCUT2D eigenvalue weighted by Gasteiger charge is 2.23. The fourth-order valence-electron chi connectivity index (χ4n) is 2.55. The minimum absolute atomic E-state index is 0.0751. The van der Waals surface area contributed by atoms with Crippen LogP contribution in [-0.2, 0) is 21.4 Å². The van der Waals surface area contributed by atoms with Crippen molar-refractivity contribution in [3.63, 3.8) is 0 Å². The van der Waals surface area contributed by atoms with Gasteiger partial charge < -0.3 is 5.73 Å². The van der Waals surface area contributed by atoms with Gasteiger partial charge in [0, 0.05) is 25.2 Å². The smallest absolute Gasteiger partial charge is 0.243 e. The number of thioether (sulfide) groups is 1. The Labute approximate surface area is 163 Å². The molecular formula is C17H23N5O3S2. The molecule has 146 valence electrons. The highest BCUT2D eigenvalue weighted by atomic mass is 32.2. The number of nitrogens with two attached hydrogens (primary N) is 1. The summed E-state index contributed by atoms with van der Waals surface area (Å²) in [5.74, 6) is 0.117. The van der Waals surface area contributed by atoms with Crippen molar-refractivity contribution in [1.29, 1.82) is 0 Å². The van der Waals surface area contributed by atoms with E-state index in [-0.39, 0.29) is 10.6 Å². The zero-order valence-electron chi connectivity index (χ0n) is 15.3. The molecule has 2 aromatic rings. The van der Waals surface area contributed by atoms with Gasteiger partial charge in [0.25, 0.3) is 0 Å². The third-order valence-electron chi connectivity index (χ3n) is 3.81. The predicted molar refractivity (Wildman–Crippen MR) is 106 cm³/mol. The summed E-state index contributed by atoms with van der Waals surface area (Å²) < 4.78 is 28.7. The van der Waals surface area contributed by atoms with Crippen LogP contribution in [0.4, 0.5) is 0 Å². The molecule has 0 fully saturated rings. The number of allylic oxidation sites excluding steroid dienone is 1. The Morgan fingerprint density at radius 2 is 2.04 bits per heavy atom. The Morgan fingerprint density at radius 3 is 2.63 bits per heavy atom. The van der Waals surface area contributed by atoms with Crippen LogP contribution in [0.1, 0.15) is 13.8 Å². The molecule has 1 aromatic carbocycles. The van der Waals surface area contributed by atoms with Crippen LogP contribution in [0.15, 0.2) is 47.0 Å². The van der Waals surface area contributed by atoms with Crippen LogP contribution < -0.4 is 5.73 Å². The van der Waals surface area contributed by atoms with Crippen molar-refractivity contribution < 1.29 is 13.2 Å². The van der Waals surface area contributed by atoms with Gasteiger partial charge >= 0.3 is 0 Å². The third-order valence-corrected chi connectivity index (χ3v) is 6.84. The molecule has 0 saturated heterocycles. The topological polar surface area (TPSA) is 111 Å². The van der Waals surface area contributed by atoms with E-state index in [9.17, 15) is 13.2 Å². The van der Waals surface area contributed by atoms with Crippen LogP contribution in [0.5, 0.6) is 0 Å². The molecule has 8 nitrogen and oxygen atoms in total. The lowest BCUT2D eigenvalue weighted by molar-refractivity contribution is -0.115. The summed E-state index contributed by atoms with van der Waals surface area (Å²) in [4.78, 5) is 11.2. The molecule has 0 spiro atoms. The second-order valence-corrected chi connectivity index (χ2v) is 8.46. The lowest BCUT2D eigenvalue weighted by Gasteiger charge is -2.18. The second-order valence-electron chi connectivity index (χ2n) is 5.58. The van der Waals surface area contributed by atoms with Gasteiger partial charge in [0.05, 0.1) is 10.6 Å². The number of hydrogen-bond donors (Lipinski definition) is 1. The van der Waals surface area contributed by atoms with E-state index in [1.807, 2.05) is 0 Å². The van der Waals surface area contributed by atoms with E-state index in [1.165, 1.54) is 16.1 Å². The van der Waals surface area contributed by atoms with Crippen LogP contribution in [0.25, 0.3) is 11.4 Å². The normalized spacial score (nSPS) is 11.7. The van der Waals surface area contributed by atoms with E-state index in [1.54, 1.807) is 48.8 Å². The molecule has 0 unspecified atom stereocenters. The molecule has 0 saturated carbocycles. The van der Waals surface area contributed by atoms with Crippen molar-refractivity contribution in [2.24, 2.45) is 5.73 Å². The number of hydrogen-bond acceptors (Lipinski definition) is 6. The molecule has 0 radical (unpaired) electrons. The number of aromatic nitrogens is 3. The van der Waals surface area contributed by atoms with Gasteiger partial charge in [0.1, 0.15) is 0 Å². The summed E-state index contributed by atoms with van der Waals surface area (Å²) in [5, 5.41) is 8.79. The Balaban J connectivity index is 2.47. The third kappa shape index (κ3) is 4.76. The molecule has 0 aliphatic carbocycles. The molecule has 1 heterocycles. The first-order valence-electron chi connectivity index (χ1n) is 8.40. The number of nitrogens with zero attached hydrogens (tertiary/aromatic N) is 4. The number of amides is 1. The van der Waals surface area contributed by atoms with Gasteiger partial charge in [-0.3, -0.25) is 9.36 Å². The van der Waals surface area contributed by atoms with Crippen molar-refractivity contribution in [3.05, 3.63) is 36.9 Å². The molecule has 10 heteroatoms. The molecule has 0 bridgehead atoms. The van der Waals surface area contributed by atoms with Gasteiger partial charge in [-0.05, 0) is 12.1 Å². The van der Waals surface area contributed by atoms with E-state index in [4.69, 9.17) is 5.73 Å². The molecule has 1 amide bonds. The second kappa shape index (κ2) is 9.16. The Hall–Kier alpha value is -2.17. The number of rotatable bonds is 10. The molecule has 1 aromatic heterocycles.